The molecule has 24 heteroatoms. The standard InChI is InChI=1S/C24BF20.C14H15N2O/c26-5-1(6(27)14(35)21(42)13(5)34)25(2-7(28)15(36)22(43)16(37)8(2)29,3-9(30)17(38)23(44)18(39)10(3)31)4-11(32)19(40)24(45)20(41)12(4)33;1-2-13-10-16(9-8-15-13)11-14(17)12-6-4-3-5-7-12/h;3-10H,2,11H2,1H3/q-1;+1. The molecule has 1 aromatic heterocycles. The quantitative estimate of drug-likeness (QED) is 0.0393. The molecule has 0 aliphatic rings. The number of benzene rings is 5. The molecule has 0 saturated heterocycles. The molecule has 0 radical (unpaired) electrons. The zero-order chi connectivity index (χ0) is 46.4. The lowest BCUT2D eigenvalue weighted by Crippen LogP contribution is -2.81. The van der Waals surface area contributed by atoms with Crippen LogP contribution in [0.4, 0.5) is 87.8 Å². The van der Waals surface area contributed by atoms with E-state index in [4.69, 9.17) is 0 Å². The number of nitrogens with zero attached hydrogens (tertiary/aromatic N) is 2. The van der Waals surface area contributed by atoms with Crippen LogP contribution in [0, 0.1) is 116 Å². The Hall–Kier alpha value is -6.49. The van der Waals surface area contributed by atoms with E-state index in [1.165, 1.54) is 0 Å². The minimum atomic E-state index is -7.22. The summed E-state index contributed by atoms with van der Waals surface area (Å²) in [5.41, 5.74) is -12.6. The van der Waals surface area contributed by atoms with Crippen LogP contribution >= 0.6 is 0 Å². The SMILES string of the molecule is CCc1c[n+](CC(=O)c2ccccc2)ccn1.Fc1c(F)c(F)c([B-](c2c(F)c(F)c(F)c(F)c2F)(c2c(F)c(F)c(F)c(F)c2F)c2c(F)c(F)c(F)c(F)c2F)c(F)c1F. The van der Waals surface area contributed by atoms with Gasteiger partial charge in [0.25, 0.3) is 0 Å². The van der Waals surface area contributed by atoms with Gasteiger partial charge in [-0.05, 0) is 6.42 Å². The average Bonchev–Trinajstić information content (AvgIpc) is 3.26. The van der Waals surface area contributed by atoms with Crippen LogP contribution in [0.1, 0.15) is 23.0 Å². The van der Waals surface area contributed by atoms with Crippen molar-refractivity contribution in [2.45, 2.75) is 19.9 Å². The van der Waals surface area contributed by atoms with Gasteiger partial charge < -0.3 is 0 Å². The van der Waals surface area contributed by atoms with Crippen LogP contribution in [0.2, 0.25) is 0 Å². The lowest BCUT2D eigenvalue weighted by molar-refractivity contribution is -0.684. The van der Waals surface area contributed by atoms with Crippen LogP contribution in [0.3, 0.4) is 0 Å². The van der Waals surface area contributed by atoms with Gasteiger partial charge in [-0.3, -0.25) is 4.79 Å². The number of rotatable bonds is 8. The van der Waals surface area contributed by atoms with Crippen LogP contribution in [-0.4, -0.2) is 16.9 Å². The van der Waals surface area contributed by atoms with Gasteiger partial charge in [0.15, 0.2) is 82.2 Å². The van der Waals surface area contributed by atoms with Crippen molar-refractivity contribution in [1.29, 1.82) is 0 Å². The summed E-state index contributed by atoms with van der Waals surface area (Å²) in [6, 6.07) is 9.34. The third-order valence-corrected chi connectivity index (χ3v) is 9.30. The lowest BCUT2D eigenvalue weighted by atomic mass is 9.12. The van der Waals surface area contributed by atoms with Crippen LogP contribution in [0.25, 0.3) is 0 Å². The number of halogens is 20. The van der Waals surface area contributed by atoms with Crippen molar-refractivity contribution in [3.63, 3.8) is 0 Å². The Morgan fingerprint density at radius 1 is 0.452 bits per heavy atom. The summed E-state index contributed by atoms with van der Waals surface area (Å²) in [5.74, 6) is -71.3. The van der Waals surface area contributed by atoms with Gasteiger partial charge >= 0.3 is 0 Å². The van der Waals surface area contributed by atoms with Gasteiger partial charge in [0.05, 0.1) is 6.20 Å². The van der Waals surface area contributed by atoms with Crippen LogP contribution in [0.15, 0.2) is 48.9 Å². The summed E-state index contributed by atoms with van der Waals surface area (Å²) in [7, 11) is 0. The molecule has 0 saturated carbocycles. The number of aryl methyl sites for hydroxylation is 1. The highest BCUT2D eigenvalue weighted by Crippen LogP contribution is 2.30. The number of carbonyl (C=O) groups is 1. The monoisotopic (exact) mass is 906 g/mol. The van der Waals surface area contributed by atoms with Gasteiger partial charge in [0.2, 0.25) is 12.3 Å². The largest absolute Gasteiger partial charge is 0.287 e. The summed E-state index contributed by atoms with van der Waals surface area (Å²) >= 11 is 0. The molecule has 0 N–H and O–H groups in total. The number of carbonyl (C=O) groups excluding carboxylic acids is 1. The third-order valence-electron chi connectivity index (χ3n) is 9.30. The second-order valence-electron chi connectivity index (χ2n) is 12.7. The fourth-order valence-corrected chi connectivity index (χ4v) is 6.52. The second kappa shape index (κ2) is 17.5. The Bertz CT molecular complexity index is 2410. The summed E-state index contributed by atoms with van der Waals surface area (Å²) < 4.78 is 296. The van der Waals surface area contributed by atoms with Crippen LogP contribution in [0.5, 0.6) is 0 Å². The van der Waals surface area contributed by atoms with E-state index in [2.05, 4.69) is 4.98 Å². The lowest BCUT2D eigenvalue weighted by Gasteiger charge is -2.44. The highest BCUT2D eigenvalue weighted by atomic mass is 19.2. The van der Waals surface area contributed by atoms with E-state index in [9.17, 15) is 57.5 Å². The van der Waals surface area contributed by atoms with Crippen molar-refractivity contribution in [3.8, 4) is 0 Å². The predicted octanol–water partition coefficient (Wildman–Crippen LogP) is 7.66. The number of aromatic nitrogens is 2. The molecular weight excluding hydrogens is 891 g/mol. The van der Waals surface area contributed by atoms with Crippen LogP contribution < -0.4 is 26.4 Å². The molecule has 0 atom stereocenters. The Kier molecular flexibility index (Phi) is 13.1. The topological polar surface area (TPSA) is 33.8 Å². The van der Waals surface area contributed by atoms with E-state index < -0.39 is 144 Å². The number of Topliss-reactive ketones (excluding diaryl/α,β-unsaturated/α-hetero) is 1. The fourth-order valence-electron chi connectivity index (χ4n) is 6.52. The van der Waals surface area contributed by atoms with E-state index in [-0.39, 0.29) is 5.78 Å². The minimum absolute atomic E-state index is 0.115. The fraction of sp³-hybridized carbons (Fsp3) is 0.0789. The summed E-state index contributed by atoms with van der Waals surface area (Å²) in [5, 5.41) is 0. The summed E-state index contributed by atoms with van der Waals surface area (Å²) in [4.78, 5) is 16.2. The zero-order valence-electron chi connectivity index (χ0n) is 30.0. The van der Waals surface area contributed by atoms with Crippen molar-refractivity contribution >= 4 is 33.8 Å². The Morgan fingerprint density at radius 2 is 0.726 bits per heavy atom. The molecule has 5 aromatic carbocycles. The van der Waals surface area contributed by atoms with E-state index in [0.29, 0.717) is 6.54 Å². The zero-order valence-corrected chi connectivity index (χ0v) is 30.0. The average molecular weight is 906 g/mol. The van der Waals surface area contributed by atoms with Gasteiger partial charge in [-0.1, -0.05) is 37.3 Å². The van der Waals surface area contributed by atoms with E-state index in [0.717, 1.165) is 17.7 Å². The molecule has 0 fully saturated rings. The highest BCUT2D eigenvalue weighted by molar-refractivity contribution is 7.20. The Labute approximate surface area is 332 Å². The molecule has 0 spiro atoms. The molecule has 3 nitrogen and oxygen atoms in total. The van der Waals surface area contributed by atoms with Crippen molar-refractivity contribution in [2.24, 2.45) is 0 Å². The molecule has 6 aromatic rings. The molecule has 0 amide bonds. The molecular formula is C38H15BF20N2O. The maximum Gasteiger partial charge on any atom is 0.227 e. The number of hydrogen-bond acceptors (Lipinski definition) is 2. The first-order valence-corrected chi connectivity index (χ1v) is 16.6. The van der Waals surface area contributed by atoms with Crippen molar-refractivity contribution in [1.82, 2.24) is 4.98 Å². The first-order valence-electron chi connectivity index (χ1n) is 16.6. The molecule has 1 heterocycles. The van der Waals surface area contributed by atoms with Crippen molar-refractivity contribution < 1.29 is 97.2 Å². The summed E-state index contributed by atoms with van der Waals surface area (Å²) in [6.45, 7) is 2.41. The van der Waals surface area contributed by atoms with Gasteiger partial charge in [-0.2, -0.15) is 4.57 Å². The van der Waals surface area contributed by atoms with E-state index in [1.807, 2.05) is 54.2 Å². The van der Waals surface area contributed by atoms with Gasteiger partial charge in [-0.25, -0.2) is 92.8 Å². The van der Waals surface area contributed by atoms with Gasteiger partial charge in [0, 0.05) is 5.56 Å². The molecule has 0 aliphatic heterocycles. The first-order chi connectivity index (χ1) is 29.0. The first kappa shape index (κ1) is 46.6. The normalized spacial score (nSPS) is 11.5. The highest BCUT2D eigenvalue weighted by Gasteiger charge is 2.52. The van der Waals surface area contributed by atoms with E-state index >= 15 is 35.1 Å². The smallest absolute Gasteiger partial charge is 0.227 e. The molecule has 0 aliphatic carbocycles. The minimum Gasteiger partial charge on any atom is -0.287 e. The molecule has 62 heavy (non-hydrogen) atoms. The summed E-state index contributed by atoms with van der Waals surface area (Å²) in [6.07, 6.45) is -0.871. The van der Waals surface area contributed by atoms with Gasteiger partial charge in [-0.15, -0.1) is 21.9 Å². The number of ketones is 1. The molecule has 6 rings (SSSR count). The maximum absolute atomic E-state index is 15.4. The molecule has 0 bridgehead atoms. The maximum atomic E-state index is 15.4. The predicted molar refractivity (Wildman–Crippen MR) is 174 cm³/mol. The molecule has 0 unspecified atom stereocenters. The van der Waals surface area contributed by atoms with Gasteiger partial charge in [0.1, 0.15) is 58.4 Å². The van der Waals surface area contributed by atoms with Crippen molar-refractivity contribution in [2.75, 3.05) is 0 Å². The third kappa shape index (κ3) is 7.37. The van der Waals surface area contributed by atoms with E-state index in [1.54, 1.807) is 6.20 Å². The molecule has 326 valence electrons. The Morgan fingerprint density at radius 3 is 1.00 bits per heavy atom. The Balaban J connectivity index is 0.000000355. The number of hydrogen-bond donors (Lipinski definition) is 0. The second-order valence-corrected chi connectivity index (χ2v) is 12.7. The van der Waals surface area contributed by atoms with Crippen molar-refractivity contribution in [3.05, 3.63) is 177 Å². The van der Waals surface area contributed by atoms with Crippen LogP contribution in [-0.2, 0) is 13.0 Å².